The van der Waals surface area contributed by atoms with E-state index in [1.807, 2.05) is 48.7 Å². The summed E-state index contributed by atoms with van der Waals surface area (Å²) in [5.74, 6) is -1.000. The Balaban J connectivity index is 1.49. The highest BCUT2D eigenvalue weighted by Gasteiger charge is 2.18. The number of anilines is 1. The van der Waals surface area contributed by atoms with Gasteiger partial charge in [-0.25, -0.2) is 14.8 Å². The third-order valence-electron chi connectivity index (χ3n) is 3.87. The minimum absolute atomic E-state index is 0.374. The van der Waals surface area contributed by atoms with Gasteiger partial charge in [0, 0.05) is 10.9 Å². The number of ether oxygens (including phenoxy) is 1. The lowest BCUT2D eigenvalue weighted by atomic mass is 10.1. The molecule has 0 radical (unpaired) electrons. The fourth-order valence-corrected chi connectivity index (χ4v) is 4.32. The molecule has 0 saturated carbocycles. The number of hydrogen-bond donors (Lipinski definition) is 1. The van der Waals surface area contributed by atoms with Gasteiger partial charge >= 0.3 is 5.97 Å². The molecule has 1 N–H and O–H groups in total. The molecule has 8 heteroatoms. The Kier molecular flexibility index (Phi) is 5.14. The van der Waals surface area contributed by atoms with Crippen LogP contribution in [0.25, 0.3) is 20.8 Å². The zero-order chi connectivity index (χ0) is 19.5. The van der Waals surface area contributed by atoms with E-state index in [1.54, 1.807) is 12.1 Å². The van der Waals surface area contributed by atoms with Gasteiger partial charge in [-0.2, -0.15) is 0 Å². The Bertz CT molecular complexity index is 1130. The molecule has 4 rings (SSSR count). The van der Waals surface area contributed by atoms with E-state index in [0.717, 1.165) is 20.9 Å². The summed E-state index contributed by atoms with van der Waals surface area (Å²) < 4.78 is 6.25. The predicted molar refractivity (Wildman–Crippen MR) is 111 cm³/mol. The maximum atomic E-state index is 12.6. The molecule has 0 aliphatic carbocycles. The van der Waals surface area contributed by atoms with Crippen LogP contribution in [0.5, 0.6) is 0 Å². The van der Waals surface area contributed by atoms with Gasteiger partial charge in [0.25, 0.3) is 5.91 Å². The molecule has 0 aliphatic rings. The van der Waals surface area contributed by atoms with Gasteiger partial charge < -0.3 is 4.74 Å². The Morgan fingerprint density at radius 3 is 2.64 bits per heavy atom. The monoisotopic (exact) mass is 409 g/mol. The molecule has 0 saturated heterocycles. The van der Waals surface area contributed by atoms with E-state index in [2.05, 4.69) is 15.3 Å². The van der Waals surface area contributed by atoms with Crippen molar-refractivity contribution >= 4 is 49.9 Å². The summed E-state index contributed by atoms with van der Waals surface area (Å²) in [4.78, 5) is 33.3. The van der Waals surface area contributed by atoms with E-state index in [9.17, 15) is 9.59 Å². The van der Waals surface area contributed by atoms with Gasteiger partial charge in [-0.1, -0.05) is 30.3 Å². The number of esters is 1. The summed E-state index contributed by atoms with van der Waals surface area (Å²) in [6, 6.07) is 14.9. The van der Waals surface area contributed by atoms with Gasteiger partial charge in [-0.3, -0.25) is 10.1 Å². The van der Waals surface area contributed by atoms with Crippen LogP contribution < -0.4 is 5.32 Å². The fourth-order valence-electron chi connectivity index (χ4n) is 2.61. The highest BCUT2D eigenvalue weighted by molar-refractivity contribution is 7.21. The molecule has 2 heterocycles. The topological polar surface area (TPSA) is 81.2 Å². The van der Waals surface area contributed by atoms with E-state index >= 15 is 0 Å². The number of aromatic nitrogens is 2. The van der Waals surface area contributed by atoms with Crippen LogP contribution in [0.1, 0.15) is 16.1 Å². The maximum absolute atomic E-state index is 12.6. The van der Waals surface area contributed by atoms with Crippen molar-refractivity contribution in [3.8, 4) is 10.6 Å². The van der Waals surface area contributed by atoms with Crippen LogP contribution in [-0.4, -0.2) is 28.5 Å². The maximum Gasteiger partial charge on any atom is 0.339 e. The third kappa shape index (κ3) is 3.92. The molecule has 1 amide bonds. The summed E-state index contributed by atoms with van der Waals surface area (Å²) in [5.41, 5.74) is 2.76. The largest absolute Gasteiger partial charge is 0.452 e. The van der Waals surface area contributed by atoms with Crippen LogP contribution in [0.2, 0.25) is 0 Å². The Morgan fingerprint density at radius 1 is 1.07 bits per heavy atom. The van der Waals surface area contributed by atoms with E-state index in [-0.39, 0.29) is 6.61 Å². The molecular weight excluding hydrogens is 394 g/mol. The van der Waals surface area contributed by atoms with Crippen molar-refractivity contribution in [1.82, 2.24) is 9.97 Å². The number of benzene rings is 2. The first-order chi connectivity index (χ1) is 13.6. The average molecular weight is 409 g/mol. The molecule has 0 bridgehead atoms. The van der Waals surface area contributed by atoms with Crippen molar-refractivity contribution in [2.45, 2.75) is 6.92 Å². The molecule has 0 aliphatic heterocycles. The van der Waals surface area contributed by atoms with Crippen molar-refractivity contribution in [2.75, 3.05) is 11.9 Å². The second-order valence-electron chi connectivity index (χ2n) is 5.95. The Hall–Kier alpha value is -3.10. The van der Waals surface area contributed by atoms with Gasteiger partial charge in [-0.15, -0.1) is 22.7 Å². The second kappa shape index (κ2) is 7.87. The summed E-state index contributed by atoms with van der Waals surface area (Å²) in [7, 11) is 0. The molecule has 28 heavy (non-hydrogen) atoms. The van der Waals surface area contributed by atoms with Gasteiger partial charge in [0.2, 0.25) is 0 Å². The Morgan fingerprint density at radius 2 is 1.86 bits per heavy atom. The first-order valence-electron chi connectivity index (χ1n) is 8.44. The number of aryl methyl sites for hydroxylation is 1. The number of carbonyl (C=O) groups excluding carboxylic acids is 2. The summed E-state index contributed by atoms with van der Waals surface area (Å²) >= 11 is 2.83. The summed E-state index contributed by atoms with van der Waals surface area (Å²) in [5, 5.41) is 5.66. The highest BCUT2D eigenvalue weighted by atomic mass is 32.1. The number of nitrogens with zero attached hydrogens (tertiary/aromatic N) is 2. The van der Waals surface area contributed by atoms with Crippen LogP contribution >= 0.6 is 22.7 Å². The number of nitrogens with one attached hydrogen (secondary N) is 1. The van der Waals surface area contributed by atoms with Crippen molar-refractivity contribution in [3.63, 3.8) is 0 Å². The van der Waals surface area contributed by atoms with Gasteiger partial charge in [0.05, 0.1) is 21.5 Å². The zero-order valence-corrected chi connectivity index (χ0v) is 16.5. The molecule has 140 valence electrons. The SMILES string of the molecule is Cc1csc(NC(=O)COC(=O)c2ccccc2-c2nc3ccccc3s2)n1. The van der Waals surface area contributed by atoms with Crippen LogP contribution in [0.15, 0.2) is 53.9 Å². The van der Waals surface area contributed by atoms with Crippen LogP contribution in [0, 0.1) is 6.92 Å². The van der Waals surface area contributed by atoms with Gasteiger partial charge in [-0.05, 0) is 25.1 Å². The number of hydrogen-bond acceptors (Lipinski definition) is 7. The molecule has 0 fully saturated rings. The number of carbonyl (C=O) groups is 2. The van der Waals surface area contributed by atoms with Crippen LogP contribution in [0.4, 0.5) is 5.13 Å². The van der Waals surface area contributed by atoms with Crippen LogP contribution in [0.3, 0.4) is 0 Å². The fraction of sp³-hybridized carbons (Fsp3) is 0.100. The van der Waals surface area contributed by atoms with Crippen LogP contribution in [-0.2, 0) is 9.53 Å². The van der Waals surface area contributed by atoms with Crippen molar-refractivity contribution < 1.29 is 14.3 Å². The van der Waals surface area contributed by atoms with Crippen molar-refractivity contribution in [3.05, 3.63) is 65.2 Å². The third-order valence-corrected chi connectivity index (χ3v) is 5.82. The quantitative estimate of drug-likeness (QED) is 0.490. The number of thiazole rings is 2. The van der Waals surface area contributed by atoms with E-state index in [4.69, 9.17) is 4.74 Å². The van der Waals surface area contributed by atoms with Crippen molar-refractivity contribution in [1.29, 1.82) is 0 Å². The van der Waals surface area contributed by atoms with Gasteiger partial charge in [0.1, 0.15) is 5.01 Å². The molecule has 0 spiro atoms. The van der Waals surface area contributed by atoms with E-state index in [1.165, 1.54) is 22.7 Å². The van der Waals surface area contributed by atoms with E-state index in [0.29, 0.717) is 16.3 Å². The lowest BCUT2D eigenvalue weighted by molar-refractivity contribution is -0.119. The van der Waals surface area contributed by atoms with Crippen molar-refractivity contribution in [2.24, 2.45) is 0 Å². The van der Waals surface area contributed by atoms with Gasteiger partial charge in [0.15, 0.2) is 11.7 Å². The van der Waals surface area contributed by atoms with E-state index < -0.39 is 11.9 Å². The second-order valence-corrected chi connectivity index (χ2v) is 7.84. The lowest BCUT2D eigenvalue weighted by Gasteiger charge is -2.07. The number of amides is 1. The predicted octanol–water partition coefficient (Wildman–Crippen LogP) is 4.52. The highest BCUT2D eigenvalue weighted by Crippen LogP contribution is 2.32. The molecule has 0 unspecified atom stereocenters. The molecule has 0 atom stereocenters. The zero-order valence-electron chi connectivity index (χ0n) is 14.8. The first kappa shape index (κ1) is 18.3. The number of para-hydroxylation sites is 1. The molecule has 4 aromatic rings. The molecule has 6 nitrogen and oxygen atoms in total. The lowest BCUT2D eigenvalue weighted by Crippen LogP contribution is -2.21. The summed E-state index contributed by atoms with van der Waals surface area (Å²) in [6.45, 7) is 1.46. The standard InChI is InChI=1S/C20H15N3O3S2/c1-12-11-27-20(21-12)23-17(24)10-26-19(25)14-7-3-2-6-13(14)18-22-15-8-4-5-9-16(15)28-18/h2-9,11H,10H2,1H3,(H,21,23,24). The number of fused-ring (bicyclic) bond motifs is 1. The molecular formula is C20H15N3O3S2. The minimum atomic E-state index is -0.569. The first-order valence-corrected chi connectivity index (χ1v) is 10.1. The number of rotatable bonds is 5. The Labute approximate surface area is 168 Å². The summed E-state index contributed by atoms with van der Waals surface area (Å²) in [6.07, 6.45) is 0. The minimum Gasteiger partial charge on any atom is -0.452 e. The molecule has 2 aromatic heterocycles. The average Bonchev–Trinajstić information content (AvgIpc) is 3.32. The molecule has 2 aromatic carbocycles. The smallest absolute Gasteiger partial charge is 0.339 e. The normalized spacial score (nSPS) is 10.8.